The molecule has 1 aromatic carbocycles. The van der Waals surface area contributed by atoms with Crippen molar-refractivity contribution in [1.82, 2.24) is 9.88 Å². The lowest BCUT2D eigenvalue weighted by Gasteiger charge is -2.11. The van der Waals surface area contributed by atoms with Gasteiger partial charge in [-0.05, 0) is 37.3 Å². The molecular formula is C19H20N2O7. The zero-order chi connectivity index (χ0) is 20.7. The molecule has 0 unspecified atom stereocenters. The average Bonchev–Trinajstić information content (AvgIpc) is 3.10. The Labute approximate surface area is 161 Å². The van der Waals surface area contributed by atoms with E-state index in [-0.39, 0.29) is 17.3 Å². The SMILES string of the molecule is COc1cc(C(C)=O)ccc1OCC(=O)OCC(=O)NC(=O)c1cccn1C. The van der Waals surface area contributed by atoms with Gasteiger partial charge in [-0.25, -0.2) is 4.79 Å². The first-order valence-corrected chi connectivity index (χ1v) is 8.24. The largest absolute Gasteiger partial charge is 0.493 e. The number of hydrogen-bond acceptors (Lipinski definition) is 7. The summed E-state index contributed by atoms with van der Waals surface area (Å²) < 4.78 is 16.8. The summed E-state index contributed by atoms with van der Waals surface area (Å²) in [5.74, 6) is -1.78. The van der Waals surface area contributed by atoms with Gasteiger partial charge >= 0.3 is 5.97 Å². The van der Waals surface area contributed by atoms with Crippen LogP contribution in [0.15, 0.2) is 36.5 Å². The number of benzene rings is 1. The number of amides is 2. The molecule has 1 N–H and O–H groups in total. The molecule has 0 bridgehead atoms. The number of aromatic nitrogens is 1. The van der Waals surface area contributed by atoms with Crippen LogP contribution in [-0.4, -0.2) is 48.5 Å². The molecule has 0 aliphatic carbocycles. The first kappa shape index (κ1) is 20.7. The third-order valence-corrected chi connectivity index (χ3v) is 3.71. The molecule has 2 rings (SSSR count). The summed E-state index contributed by atoms with van der Waals surface area (Å²) in [6, 6.07) is 7.73. The molecule has 9 heteroatoms. The van der Waals surface area contributed by atoms with E-state index in [1.165, 1.54) is 32.2 Å². The van der Waals surface area contributed by atoms with Crippen molar-refractivity contribution in [3.8, 4) is 11.5 Å². The van der Waals surface area contributed by atoms with Crippen LogP contribution in [0.1, 0.15) is 27.8 Å². The maximum atomic E-state index is 11.9. The zero-order valence-electron chi connectivity index (χ0n) is 15.7. The number of Topliss-reactive ketones (excluding diaryl/α,β-unsaturated/α-hetero) is 1. The molecule has 1 heterocycles. The lowest BCUT2D eigenvalue weighted by molar-refractivity contribution is -0.150. The van der Waals surface area contributed by atoms with Crippen molar-refractivity contribution in [1.29, 1.82) is 0 Å². The van der Waals surface area contributed by atoms with Crippen molar-refractivity contribution in [2.24, 2.45) is 7.05 Å². The lowest BCUT2D eigenvalue weighted by atomic mass is 10.1. The standard InChI is InChI=1S/C19H20N2O7/c1-12(22)13-6-7-15(16(9-13)26-3)27-11-18(24)28-10-17(23)20-19(25)14-5-4-8-21(14)2/h4-9H,10-11H2,1-3H3,(H,20,23,25). The van der Waals surface area contributed by atoms with Gasteiger partial charge in [0.1, 0.15) is 5.69 Å². The first-order chi connectivity index (χ1) is 13.3. The quantitative estimate of drug-likeness (QED) is 0.532. The summed E-state index contributed by atoms with van der Waals surface area (Å²) in [5, 5.41) is 2.12. The van der Waals surface area contributed by atoms with E-state index in [4.69, 9.17) is 14.2 Å². The summed E-state index contributed by atoms with van der Waals surface area (Å²) in [7, 11) is 3.06. The third-order valence-electron chi connectivity index (χ3n) is 3.71. The van der Waals surface area contributed by atoms with Crippen molar-refractivity contribution in [2.75, 3.05) is 20.3 Å². The highest BCUT2D eigenvalue weighted by Crippen LogP contribution is 2.28. The van der Waals surface area contributed by atoms with Crippen molar-refractivity contribution in [3.05, 3.63) is 47.8 Å². The Kier molecular flexibility index (Phi) is 6.91. The maximum Gasteiger partial charge on any atom is 0.344 e. The highest BCUT2D eigenvalue weighted by Gasteiger charge is 2.15. The van der Waals surface area contributed by atoms with Gasteiger partial charge in [-0.1, -0.05) is 0 Å². The minimum Gasteiger partial charge on any atom is -0.493 e. The summed E-state index contributed by atoms with van der Waals surface area (Å²) >= 11 is 0. The number of carbonyl (C=O) groups excluding carboxylic acids is 4. The molecule has 28 heavy (non-hydrogen) atoms. The van der Waals surface area contributed by atoms with Crippen LogP contribution in [-0.2, 0) is 21.4 Å². The van der Waals surface area contributed by atoms with E-state index in [9.17, 15) is 19.2 Å². The van der Waals surface area contributed by atoms with Crippen LogP contribution in [0.2, 0.25) is 0 Å². The van der Waals surface area contributed by atoms with Crippen LogP contribution in [0.4, 0.5) is 0 Å². The topological polar surface area (TPSA) is 113 Å². The van der Waals surface area contributed by atoms with Crippen molar-refractivity contribution in [3.63, 3.8) is 0 Å². The summed E-state index contributed by atoms with van der Waals surface area (Å²) in [5.41, 5.74) is 0.732. The molecule has 2 aromatic rings. The fourth-order valence-electron chi connectivity index (χ4n) is 2.25. The fourth-order valence-corrected chi connectivity index (χ4v) is 2.25. The normalized spacial score (nSPS) is 10.1. The van der Waals surface area contributed by atoms with Gasteiger partial charge in [-0.2, -0.15) is 0 Å². The second-order valence-electron chi connectivity index (χ2n) is 5.75. The molecule has 0 radical (unpaired) electrons. The molecule has 0 atom stereocenters. The molecular weight excluding hydrogens is 368 g/mol. The molecule has 1 aromatic heterocycles. The van der Waals surface area contributed by atoms with Gasteiger partial charge in [0.25, 0.3) is 11.8 Å². The Morgan fingerprint density at radius 2 is 1.82 bits per heavy atom. The van der Waals surface area contributed by atoms with Crippen molar-refractivity contribution >= 4 is 23.6 Å². The van der Waals surface area contributed by atoms with E-state index in [2.05, 4.69) is 5.32 Å². The van der Waals surface area contributed by atoms with Gasteiger partial charge in [0, 0.05) is 18.8 Å². The lowest BCUT2D eigenvalue weighted by Crippen LogP contribution is -2.35. The highest BCUT2D eigenvalue weighted by atomic mass is 16.6. The van der Waals surface area contributed by atoms with E-state index < -0.39 is 31.0 Å². The van der Waals surface area contributed by atoms with Gasteiger partial charge in [0.05, 0.1) is 7.11 Å². The van der Waals surface area contributed by atoms with Crippen LogP contribution in [0.3, 0.4) is 0 Å². The van der Waals surface area contributed by atoms with Crippen LogP contribution in [0.5, 0.6) is 11.5 Å². The van der Waals surface area contributed by atoms with E-state index in [1.54, 1.807) is 29.9 Å². The molecule has 0 saturated heterocycles. The van der Waals surface area contributed by atoms with Gasteiger partial charge in [0.2, 0.25) is 0 Å². The number of imide groups is 1. The first-order valence-electron chi connectivity index (χ1n) is 8.24. The molecule has 0 aliphatic rings. The zero-order valence-corrected chi connectivity index (χ0v) is 15.7. The fraction of sp³-hybridized carbons (Fsp3) is 0.263. The number of aryl methyl sites for hydroxylation is 1. The molecule has 0 aliphatic heterocycles. The second-order valence-corrected chi connectivity index (χ2v) is 5.75. The third kappa shape index (κ3) is 5.44. The maximum absolute atomic E-state index is 11.9. The van der Waals surface area contributed by atoms with Gasteiger partial charge in [0.15, 0.2) is 30.5 Å². The van der Waals surface area contributed by atoms with Gasteiger partial charge in [-0.3, -0.25) is 19.7 Å². The molecule has 148 valence electrons. The number of nitrogens with zero attached hydrogens (tertiary/aromatic N) is 1. The number of methoxy groups -OCH3 is 1. The van der Waals surface area contributed by atoms with Crippen LogP contribution in [0.25, 0.3) is 0 Å². The van der Waals surface area contributed by atoms with Gasteiger partial charge < -0.3 is 18.8 Å². The minimum absolute atomic E-state index is 0.139. The van der Waals surface area contributed by atoms with E-state index in [0.717, 1.165) is 0 Å². The van der Waals surface area contributed by atoms with Gasteiger partial charge in [-0.15, -0.1) is 0 Å². The number of nitrogens with one attached hydrogen (secondary N) is 1. The number of rotatable bonds is 8. The van der Waals surface area contributed by atoms with E-state index in [1.807, 2.05) is 0 Å². The molecule has 0 spiro atoms. The second kappa shape index (κ2) is 9.36. The van der Waals surface area contributed by atoms with Crippen molar-refractivity contribution in [2.45, 2.75) is 6.92 Å². The Bertz CT molecular complexity index is 901. The Morgan fingerprint density at radius 3 is 2.43 bits per heavy atom. The summed E-state index contributed by atoms with van der Waals surface area (Å²) in [6.45, 7) is 0.313. The monoisotopic (exact) mass is 388 g/mol. The van der Waals surface area contributed by atoms with Crippen LogP contribution in [0, 0.1) is 0 Å². The van der Waals surface area contributed by atoms with Crippen LogP contribution >= 0.6 is 0 Å². The average molecular weight is 388 g/mol. The summed E-state index contributed by atoms with van der Waals surface area (Å²) in [4.78, 5) is 46.7. The van der Waals surface area contributed by atoms with E-state index in [0.29, 0.717) is 11.3 Å². The number of ketones is 1. The number of esters is 1. The molecule has 0 fully saturated rings. The molecule has 2 amide bonds. The minimum atomic E-state index is -0.806. The Morgan fingerprint density at radius 1 is 1.07 bits per heavy atom. The number of hydrogen-bond donors (Lipinski definition) is 1. The molecule has 0 saturated carbocycles. The predicted molar refractivity (Wildman–Crippen MR) is 97.3 cm³/mol. The number of ether oxygens (including phenoxy) is 3. The predicted octanol–water partition coefficient (Wildman–Crippen LogP) is 1.11. The summed E-state index contributed by atoms with van der Waals surface area (Å²) in [6.07, 6.45) is 1.66. The molecule has 9 nitrogen and oxygen atoms in total. The number of carbonyl (C=O) groups is 4. The Hall–Kier alpha value is -3.62. The van der Waals surface area contributed by atoms with Crippen molar-refractivity contribution < 1.29 is 33.4 Å². The smallest absolute Gasteiger partial charge is 0.344 e. The Balaban J connectivity index is 1.81. The van der Waals surface area contributed by atoms with Crippen LogP contribution < -0.4 is 14.8 Å². The van der Waals surface area contributed by atoms with E-state index >= 15 is 0 Å². The highest BCUT2D eigenvalue weighted by molar-refractivity contribution is 6.04.